The number of aromatic amines is 1. The minimum absolute atomic E-state index is 0.238. The molecule has 0 spiro atoms. The van der Waals surface area contributed by atoms with E-state index in [-0.39, 0.29) is 5.56 Å². The lowest BCUT2D eigenvalue weighted by Gasteiger charge is -2.32. The minimum atomic E-state index is -1.10. The second-order valence-corrected chi connectivity index (χ2v) is 11.0. The van der Waals surface area contributed by atoms with Gasteiger partial charge in [-0.3, -0.25) is 9.69 Å². The largest absolute Gasteiger partial charge is 0.340 e. The Morgan fingerprint density at radius 2 is 1.69 bits per heavy atom. The van der Waals surface area contributed by atoms with Crippen molar-refractivity contribution in [2.75, 3.05) is 19.6 Å². The van der Waals surface area contributed by atoms with Crippen LogP contribution in [0.5, 0.6) is 0 Å². The van der Waals surface area contributed by atoms with Gasteiger partial charge in [0.2, 0.25) is 0 Å². The SMILES string of the molecule is O=C(c1cccc(F)c1F)N(CC1CC1)C(Cc1ccccc1CN1CCCCC1)c1nc2ccccc2[nH]1. The van der Waals surface area contributed by atoms with E-state index in [0.717, 1.165) is 55.1 Å². The fourth-order valence-electron chi connectivity index (χ4n) is 5.72. The van der Waals surface area contributed by atoms with Crippen LogP contribution in [0.4, 0.5) is 8.78 Å². The first-order chi connectivity index (χ1) is 19.1. The number of para-hydroxylation sites is 2. The van der Waals surface area contributed by atoms with Gasteiger partial charge in [0, 0.05) is 19.5 Å². The second-order valence-electron chi connectivity index (χ2n) is 11.0. The van der Waals surface area contributed by atoms with Gasteiger partial charge in [-0.25, -0.2) is 13.8 Å². The summed E-state index contributed by atoms with van der Waals surface area (Å²) in [5.41, 5.74) is 3.83. The molecule has 1 unspecified atom stereocenters. The van der Waals surface area contributed by atoms with Crippen LogP contribution in [0.1, 0.15) is 65.5 Å². The lowest BCUT2D eigenvalue weighted by Crippen LogP contribution is -2.39. The van der Waals surface area contributed by atoms with Gasteiger partial charge in [-0.2, -0.15) is 0 Å². The number of imidazole rings is 1. The molecule has 1 amide bonds. The predicted octanol–water partition coefficient (Wildman–Crippen LogP) is 6.66. The van der Waals surface area contributed by atoms with E-state index in [9.17, 15) is 13.6 Å². The molecule has 6 rings (SSSR count). The number of hydrogen-bond donors (Lipinski definition) is 1. The van der Waals surface area contributed by atoms with Crippen LogP contribution in [0.15, 0.2) is 66.7 Å². The molecule has 202 valence electrons. The lowest BCUT2D eigenvalue weighted by molar-refractivity contribution is 0.0649. The second kappa shape index (κ2) is 11.3. The molecule has 1 saturated carbocycles. The molecule has 3 aromatic carbocycles. The van der Waals surface area contributed by atoms with Crippen molar-refractivity contribution in [3.63, 3.8) is 0 Å². The monoisotopic (exact) mass is 528 g/mol. The highest BCUT2D eigenvalue weighted by molar-refractivity contribution is 5.95. The van der Waals surface area contributed by atoms with Crippen LogP contribution in [0, 0.1) is 17.6 Å². The number of nitrogens with zero attached hydrogens (tertiary/aromatic N) is 3. The Labute approximate surface area is 227 Å². The average Bonchev–Trinajstić information content (AvgIpc) is 3.68. The maximum atomic E-state index is 14.9. The number of aromatic nitrogens is 2. The maximum Gasteiger partial charge on any atom is 0.257 e. The molecular weight excluding hydrogens is 494 g/mol. The van der Waals surface area contributed by atoms with E-state index in [2.05, 4.69) is 28.1 Å². The van der Waals surface area contributed by atoms with Crippen molar-refractivity contribution in [1.29, 1.82) is 0 Å². The van der Waals surface area contributed by atoms with E-state index in [4.69, 9.17) is 4.98 Å². The van der Waals surface area contributed by atoms with Crippen molar-refractivity contribution in [1.82, 2.24) is 19.8 Å². The molecule has 0 radical (unpaired) electrons. The number of rotatable bonds is 9. The number of carbonyl (C=O) groups excluding carboxylic acids is 1. The molecule has 1 aromatic heterocycles. The van der Waals surface area contributed by atoms with Gasteiger partial charge in [-0.05, 0) is 80.1 Å². The average molecular weight is 529 g/mol. The summed E-state index contributed by atoms with van der Waals surface area (Å²) in [6, 6.07) is 19.5. The molecule has 1 aliphatic heterocycles. The molecule has 2 aliphatic rings. The Morgan fingerprint density at radius 1 is 0.949 bits per heavy atom. The summed E-state index contributed by atoms with van der Waals surface area (Å²) in [7, 11) is 0. The normalized spacial score (nSPS) is 16.9. The topological polar surface area (TPSA) is 52.2 Å². The van der Waals surface area contributed by atoms with E-state index in [1.54, 1.807) is 4.90 Å². The van der Waals surface area contributed by atoms with Crippen LogP contribution >= 0.6 is 0 Å². The molecule has 1 aliphatic carbocycles. The molecule has 1 N–H and O–H groups in total. The zero-order chi connectivity index (χ0) is 26.8. The van der Waals surface area contributed by atoms with Gasteiger partial charge in [-0.1, -0.05) is 48.9 Å². The van der Waals surface area contributed by atoms with Gasteiger partial charge in [0.25, 0.3) is 5.91 Å². The van der Waals surface area contributed by atoms with Crippen molar-refractivity contribution in [2.45, 2.75) is 51.1 Å². The third-order valence-corrected chi connectivity index (χ3v) is 8.07. The highest BCUT2D eigenvalue weighted by atomic mass is 19.2. The zero-order valence-electron chi connectivity index (χ0n) is 22.1. The fraction of sp³-hybridized carbons (Fsp3) is 0.375. The Morgan fingerprint density at radius 3 is 2.46 bits per heavy atom. The minimum Gasteiger partial charge on any atom is -0.340 e. The molecule has 4 aromatic rings. The van der Waals surface area contributed by atoms with Crippen molar-refractivity contribution < 1.29 is 13.6 Å². The summed E-state index contributed by atoms with van der Waals surface area (Å²) >= 11 is 0. The number of nitrogens with one attached hydrogen (secondary N) is 1. The number of likely N-dealkylation sites (tertiary alicyclic amines) is 1. The van der Waals surface area contributed by atoms with Crippen LogP contribution in [-0.2, 0) is 13.0 Å². The summed E-state index contributed by atoms with van der Waals surface area (Å²) < 4.78 is 29.1. The molecule has 39 heavy (non-hydrogen) atoms. The number of benzene rings is 3. The quantitative estimate of drug-likeness (QED) is 0.264. The summed E-state index contributed by atoms with van der Waals surface area (Å²) in [6.07, 6.45) is 6.28. The summed E-state index contributed by atoms with van der Waals surface area (Å²) in [6.45, 7) is 3.52. The molecule has 5 nitrogen and oxygen atoms in total. The van der Waals surface area contributed by atoms with E-state index < -0.39 is 23.6 Å². The number of amides is 1. The van der Waals surface area contributed by atoms with Gasteiger partial charge in [0.1, 0.15) is 5.82 Å². The third-order valence-electron chi connectivity index (χ3n) is 8.07. The highest BCUT2D eigenvalue weighted by Crippen LogP contribution is 2.36. The Hall–Kier alpha value is -3.58. The maximum absolute atomic E-state index is 14.9. The van der Waals surface area contributed by atoms with Gasteiger partial charge in [0.05, 0.1) is 22.6 Å². The van der Waals surface area contributed by atoms with Crippen LogP contribution in [0.25, 0.3) is 11.0 Å². The third kappa shape index (κ3) is 5.74. The van der Waals surface area contributed by atoms with Gasteiger partial charge in [-0.15, -0.1) is 0 Å². The highest BCUT2D eigenvalue weighted by Gasteiger charge is 2.35. The molecule has 2 fully saturated rings. The summed E-state index contributed by atoms with van der Waals surface area (Å²) in [5, 5.41) is 0. The number of halogens is 2. The molecule has 1 saturated heterocycles. The lowest BCUT2D eigenvalue weighted by atomic mass is 9.97. The molecule has 1 atom stereocenters. The zero-order valence-corrected chi connectivity index (χ0v) is 22.1. The van der Waals surface area contributed by atoms with Crippen molar-refractivity contribution >= 4 is 16.9 Å². The Balaban J connectivity index is 1.40. The van der Waals surface area contributed by atoms with Crippen molar-refractivity contribution in [3.8, 4) is 0 Å². The van der Waals surface area contributed by atoms with Gasteiger partial charge < -0.3 is 9.88 Å². The number of hydrogen-bond acceptors (Lipinski definition) is 3. The molecular formula is C32H34F2N4O. The van der Waals surface area contributed by atoms with E-state index in [1.807, 2.05) is 30.3 Å². The number of carbonyl (C=O) groups is 1. The number of H-pyrrole nitrogens is 1. The molecule has 0 bridgehead atoms. The summed E-state index contributed by atoms with van der Waals surface area (Å²) in [5.74, 6) is -1.61. The first-order valence-electron chi connectivity index (χ1n) is 14.1. The van der Waals surface area contributed by atoms with E-state index in [0.29, 0.717) is 24.7 Å². The van der Waals surface area contributed by atoms with Gasteiger partial charge in [0.15, 0.2) is 11.6 Å². The van der Waals surface area contributed by atoms with Gasteiger partial charge >= 0.3 is 0 Å². The van der Waals surface area contributed by atoms with Crippen LogP contribution in [-0.4, -0.2) is 45.3 Å². The molecule has 2 heterocycles. The van der Waals surface area contributed by atoms with Crippen LogP contribution < -0.4 is 0 Å². The van der Waals surface area contributed by atoms with E-state index in [1.165, 1.54) is 37.0 Å². The number of fused-ring (bicyclic) bond motifs is 1. The van der Waals surface area contributed by atoms with Crippen molar-refractivity contribution in [2.24, 2.45) is 5.92 Å². The summed E-state index contributed by atoms with van der Waals surface area (Å²) in [4.78, 5) is 26.5. The Bertz CT molecular complexity index is 1420. The first kappa shape index (κ1) is 25.7. The van der Waals surface area contributed by atoms with Crippen LogP contribution in [0.3, 0.4) is 0 Å². The predicted molar refractivity (Wildman–Crippen MR) is 148 cm³/mol. The van der Waals surface area contributed by atoms with Crippen molar-refractivity contribution in [3.05, 3.63) is 101 Å². The fourth-order valence-corrected chi connectivity index (χ4v) is 5.72. The smallest absolute Gasteiger partial charge is 0.257 e. The number of piperidine rings is 1. The van der Waals surface area contributed by atoms with E-state index >= 15 is 0 Å². The van der Waals surface area contributed by atoms with Crippen LogP contribution in [0.2, 0.25) is 0 Å². The standard InChI is InChI=1S/C32H34F2N4O/c33-26-12-8-11-25(30(26)34)32(39)38(20-22-15-16-22)29(31-35-27-13-4-5-14-28(27)36-31)19-23-9-2-3-10-24(23)21-37-17-6-1-7-18-37/h2-5,8-14,22,29H,1,6-7,15-21H2,(H,35,36). The first-order valence-corrected chi connectivity index (χ1v) is 14.1. The molecule has 7 heteroatoms. The Kier molecular flexibility index (Phi) is 7.42.